The van der Waals surface area contributed by atoms with Gasteiger partial charge in [0.1, 0.15) is 5.65 Å². The number of aromatic nitrogens is 2. The maximum absolute atomic E-state index is 12.1. The number of hydrogen-bond donors (Lipinski definition) is 1. The quantitative estimate of drug-likeness (QED) is 0.883. The fourth-order valence-corrected chi connectivity index (χ4v) is 2.57. The van der Waals surface area contributed by atoms with Gasteiger partial charge in [0.2, 0.25) is 0 Å². The minimum absolute atomic E-state index is 0.592. The van der Waals surface area contributed by atoms with Crippen LogP contribution in [0.25, 0.3) is 5.65 Å². The minimum atomic E-state index is -0.739. The SMILES string of the molecule is CCC(C)(NC(=O)OC(=O)N1CCC1)c1cnc2ccccn12. The second-order valence-corrected chi connectivity index (χ2v) is 5.88. The lowest BCUT2D eigenvalue weighted by molar-refractivity contribution is 0.0932. The molecule has 2 amide bonds. The summed E-state index contributed by atoms with van der Waals surface area (Å²) in [5.41, 5.74) is 0.950. The predicted octanol–water partition coefficient (Wildman–Crippen LogP) is 2.51. The maximum atomic E-state index is 12.1. The third-order valence-electron chi connectivity index (χ3n) is 4.36. The Morgan fingerprint density at radius 2 is 2.17 bits per heavy atom. The maximum Gasteiger partial charge on any atom is 0.418 e. The van der Waals surface area contributed by atoms with E-state index in [0.717, 1.165) is 17.8 Å². The van der Waals surface area contributed by atoms with Crippen LogP contribution in [0.4, 0.5) is 9.59 Å². The Hall–Kier alpha value is -2.57. The Morgan fingerprint density at radius 3 is 2.83 bits per heavy atom. The summed E-state index contributed by atoms with van der Waals surface area (Å²) in [5, 5.41) is 2.80. The minimum Gasteiger partial charge on any atom is -0.359 e. The van der Waals surface area contributed by atoms with E-state index in [1.165, 1.54) is 4.90 Å². The predicted molar refractivity (Wildman–Crippen MR) is 84.0 cm³/mol. The van der Waals surface area contributed by atoms with E-state index in [9.17, 15) is 9.59 Å². The van der Waals surface area contributed by atoms with Gasteiger partial charge in [0.25, 0.3) is 0 Å². The van der Waals surface area contributed by atoms with Crippen LogP contribution in [-0.4, -0.2) is 39.6 Å². The molecule has 3 heterocycles. The molecule has 7 heteroatoms. The van der Waals surface area contributed by atoms with Gasteiger partial charge < -0.3 is 19.4 Å². The van der Waals surface area contributed by atoms with Gasteiger partial charge in [-0.25, -0.2) is 14.6 Å². The van der Waals surface area contributed by atoms with Gasteiger partial charge in [0.05, 0.1) is 17.4 Å². The van der Waals surface area contributed by atoms with Crippen LogP contribution in [0.1, 0.15) is 32.4 Å². The van der Waals surface area contributed by atoms with E-state index in [-0.39, 0.29) is 0 Å². The zero-order valence-corrected chi connectivity index (χ0v) is 13.3. The number of hydrogen-bond acceptors (Lipinski definition) is 4. The third-order valence-corrected chi connectivity index (χ3v) is 4.36. The number of alkyl carbamates (subject to hydrolysis) is 1. The highest BCUT2D eigenvalue weighted by Gasteiger charge is 2.32. The number of carbonyl (C=O) groups is 2. The molecule has 7 nitrogen and oxygen atoms in total. The first-order valence-electron chi connectivity index (χ1n) is 7.75. The highest BCUT2D eigenvalue weighted by atomic mass is 16.6. The van der Waals surface area contributed by atoms with E-state index in [4.69, 9.17) is 4.74 Å². The van der Waals surface area contributed by atoms with Gasteiger partial charge in [0.15, 0.2) is 0 Å². The molecule has 1 aliphatic rings. The Morgan fingerprint density at radius 1 is 1.39 bits per heavy atom. The summed E-state index contributed by atoms with van der Waals surface area (Å²) >= 11 is 0. The van der Waals surface area contributed by atoms with Crippen molar-refractivity contribution in [1.82, 2.24) is 19.6 Å². The zero-order valence-electron chi connectivity index (χ0n) is 13.3. The van der Waals surface area contributed by atoms with E-state index in [0.29, 0.717) is 19.5 Å². The summed E-state index contributed by atoms with van der Waals surface area (Å²) in [6.07, 6.45) is 3.87. The zero-order chi connectivity index (χ0) is 16.4. The van der Waals surface area contributed by atoms with Gasteiger partial charge in [-0.3, -0.25) is 0 Å². The van der Waals surface area contributed by atoms with Gasteiger partial charge in [-0.05, 0) is 31.9 Å². The molecule has 0 radical (unpaired) electrons. The monoisotopic (exact) mass is 316 g/mol. The second-order valence-electron chi connectivity index (χ2n) is 5.88. The number of ether oxygens (including phenoxy) is 1. The summed E-state index contributed by atoms with van der Waals surface area (Å²) in [5.74, 6) is 0. The van der Waals surface area contributed by atoms with E-state index in [1.807, 2.05) is 42.6 Å². The first kappa shape index (κ1) is 15.3. The molecule has 122 valence electrons. The largest absolute Gasteiger partial charge is 0.418 e. The van der Waals surface area contributed by atoms with Gasteiger partial charge in [-0.15, -0.1) is 0 Å². The lowest BCUT2D eigenvalue weighted by Gasteiger charge is -2.31. The Bertz CT molecular complexity index is 738. The molecule has 0 aliphatic carbocycles. The van der Waals surface area contributed by atoms with Crippen LogP contribution in [0.15, 0.2) is 30.6 Å². The molecule has 1 fully saturated rings. The number of amides is 2. The van der Waals surface area contributed by atoms with Crippen molar-refractivity contribution in [2.24, 2.45) is 0 Å². The molecule has 1 N–H and O–H groups in total. The molecule has 0 spiro atoms. The summed E-state index contributed by atoms with van der Waals surface area (Å²) in [6.45, 7) is 5.13. The molecule has 2 aromatic rings. The Labute approximate surface area is 134 Å². The lowest BCUT2D eigenvalue weighted by atomic mass is 9.95. The van der Waals surface area contributed by atoms with Crippen molar-refractivity contribution >= 4 is 17.8 Å². The van der Waals surface area contributed by atoms with Crippen molar-refractivity contribution in [2.75, 3.05) is 13.1 Å². The number of likely N-dealkylation sites (tertiary alicyclic amines) is 1. The van der Waals surface area contributed by atoms with Crippen LogP contribution in [0.3, 0.4) is 0 Å². The Balaban J connectivity index is 1.77. The van der Waals surface area contributed by atoms with Gasteiger partial charge in [-0.2, -0.15) is 0 Å². The van der Waals surface area contributed by atoms with Crippen LogP contribution in [0.2, 0.25) is 0 Å². The molecular weight excluding hydrogens is 296 g/mol. The van der Waals surface area contributed by atoms with Crippen LogP contribution >= 0.6 is 0 Å². The van der Waals surface area contributed by atoms with Gasteiger partial charge >= 0.3 is 12.2 Å². The van der Waals surface area contributed by atoms with Crippen LogP contribution in [0, 0.1) is 0 Å². The van der Waals surface area contributed by atoms with Crippen molar-refractivity contribution in [3.05, 3.63) is 36.3 Å². The smallest absolute Gasteiger partial charge is 0.359 e. The number of rotatable bonds is 3. The first-order valence-corrected chi connectivity index (χ1v) is 7.75. The molecule has 1 atom stereocenters. The molecule has 0 bridgehead atoms. The molecule has 2 aromatic heterocycles. The van der Waals surface area contributed by atoms with E-state index < -0.39 is 17.7 Å². The molecule has 1 aliphatic heterocycles. The van der Waals surface area contributed by atoms with Gasteiger partial charge in [-0.1, -0.05) is 13.0 Å². The normalized spacial score (nSPS) is 16.5. The topological polar surface area (TPSA) is 75.9 Å². The Kier molecular flexibility index (Phi) is 3.94. The molecule has 3 rings (SSSR count). The van der Waals surface area contributed by atoms with Gasteiger partial charge in [0, 0.05) is 19.3 Å². The summed E-state index contributed by atoms with van der Waals surface area (Å²) in [6, 6.07) is 5.70. The number of pyridine rings is 1. The van der Waals surface area contributed by atoms with Crippen LogP contribution < -0.4 is 5.32 Å². The third kappa shape index (κ3) is 2.86. The van der Waals surface area contributed by atoms with Crippen molar-refractivity contribution in [1.29, 1.82) is 0 Å². The number of nitrogens with one attached hydrogen (secondary N) is 1. The lowest BCUT2D eigenvalue weighted by Crippen LogP contribution is -2.48. The van der Waals surface area contributed by atoms with Crippen LogP contribution in [0.5, 0.6) is 0 Å². The van der Waals surface area contributed by atoms with Crippen LogP contribution in [-0.2, 0) is 10.3 Å². The first-order chi connectivity index (χ1) is 11.0. The number of imidazole rings is 1. The molecule has 1 saturated heterocycles. The molecule has 0 aromatic carbocycles. The van der Waals surface area contributed by atoms with E-state index in [2.05, 4.69) is 10.3 Å². The highest BCUT2D eigenvalue weighted by molar-refractivity contribution is 5.84. The molecule has 23 heavy (non-hydrogen) atoms. The average Bonchev–Trinajstić information content (AvgIpc) is 2.89. The summed E-state index contributed by atoms with van der Waals surface area (Å²) in [4.78, 5) is 29.7. The fraction of sp³-hybridized carbons (Fsp3) is 0.438. The molecule has 1 unspecified atom stereocenters. The standard InChI is InChI=1S/C16H20N4O3/c1-3-16(2,12-11-17-13-7-4-5-10-20(12)13)18-14(21)23-15(22)19-8-6-9-19/h4-5,7,10-11H,3,6,8-9H2,1-2H3,(H,18,21). The number of nitrogens with zero attached hydrogens (tertiary/aromatic N) is 3. The van der Waals surface area contributed by atoms with E-state index in [1.54, 1.807) is 6.20 Å². The summed E-state index contributed by atoms with van der Waals surface area (Å²) < 4.78 is 6.79. The van der Waals surface area contributed by atoms with Crippen molar-refractivity contribution in [2.45, 2.75) is 32.2 Å². The van der Waals surface area contributed by atoms with Crippen molar-refractivity contribution < 1.29 is 14.3 Å². The number of fused-ring (bicyclic) bond motifs is 1. The fourth-order valence-electron chi connectivity index (χ4n) is 2.57. The van der Waals surface area contributed by atoms with Crippen molar-refractivity contribution in [3.63, 3.8) is 0 Å². The second kappa shape index (κ2) is 5.91. The highest BCUT2D eigenvalue weighted by Crippen LogP contribution is 2.25. The number of carbonyl (C=O) groups excluding carboxylic acids is 2. The van der Waals surface area contributed by atoms with Crippen molar-refractivity contribution in [3.8, 4) is 0 Å². The van der Waals surface area contributed by atoms with E-state index >= 15 is 0 Å². The summed E-state index contributed by atoms with van der Waals surface area (Å²) in [7, 11) is 0. The molecule has 0 saturated carbocycles. The molecular formula is C16H20N4O3. The average molecular weight is 316 g/mol.